The van der Waals surface area contributed by atoms with Gasteiger partial charge < -0.3 is 5.11 Å². The highest BCUT2D eigenvalue weighted by molar-refractivity contribution is 4.82. The molecule has 1 unspecified atom stereocenters. The molecule has 0 spiro atoms. The summed E-state index contributed by atoms with van der Waals surface area (Å²) < 4.78 is 0. The maximum atomic E-state index is 9.45. The Hall–Kier alpha value is -0.300. The molecule has 72 valence electrons. The molecular weight excluding hydrogens is 148 g/mol. The van der Waals surface area contributed by atoms with E-state index in [1.165, 1.54) is 6.42 Å². The van der Waals surface area contributed by atoms with Crippen molar-refractivity contribution < 1.29 is 5.11 Å². The van der Waals surface area contributed by atoms with Crippen LogP contribution >= 0.6 is 0 Å². The number of hydrogen-bond acceptors (Lipinski definition) is 1. The molecule has 1 nitrogen and oxygen atoms in total. The molecule has 0 fully saturated rings. The minimum absolute atomic E-state index is 0.128. The van der Waals surface area contributed by atoms with Gasteiger partial charge in [-0.25, -0.2) is 0 Å². The third-order valence-corrected chi connectivity index (χ3v) is 2.02. The van der Waals surface area contributed by atoms with Gasteiger partial charge >= 0.3 is 0 Å². The lowest BCUT2D eigenvalue weighted by Crippen LogP contribution is -2.13. The lowest BCUT2D eigenvalue weighted by atomic mass is 10.0. The molecule has 0 rings (SSSR count). The first-order chi connectivity index (χ1) is 5.68. The van der Waals surface area contributed by atoms with E-state index in [1.54, 1.807) is 0 Å². The van der Waals surface area contributed by atoms with Crippen molar-refractivity contribution in [2.24, 2.45) is 5.92 Å². The van der Waals surface area contributed by atoms with Crippen LogP contribution in [0.25, 0.3) is 0 Å². The van der Waals surface area contributed by atoms with Gasteiger partial charge in [-0.2, -0.15) is 0 Å². The summed E-state index contributed by atoms with van der Waals surface area (Å²) in [4.78, 5) is 0. The van der Waals surface area contributed by atoms with Crippen LogP contribution in [0, 0.1) is 5.92 Å². The Morgan fingerprint density at radius 3 is 2.25 bits per heavy atom. The van der Waals surface area contributed by atoms with E-state index in [9.17, 15) is 5.11 Å². The van der Waals surface area contributed by atoms with Crippen molar-refractivity contribution in [1.29, 1.82) is 0 Å². The summed E-state index contributed by atoms with van der Waals surface area (Å²) in [6.07, 6.45) is 8.54. The summed E-state index contributed by atoms with van der Waals surface area (Å²) in [7, 11) is 0. The molecule has 0 bridgehead atoms. The van der Waals surface area contributed by atoms with Crippen molar-refractivity contribution in [3.8, 4) is 0 Å². The minimum atomic E-state index is -0.128. The van der Waals surface area contributed by atoms with E-state index in [0.717, 1.165) is 19.3 Å². The summed E-state index contributed by atoms with van der Waals surface area (Å²) >= 11 is 0. The average Bonchev–Trinajstić information content (AvgIpc) is 2.03. The Labute approximate surface area is 76.5 Å². The maximum Gasteiger partial charge on any atom is 0.0566 e. The van der Waals surface area contributed by atoms with Crippen LogP contribution in [-0.4, -0.2) is 11.2 Å². The molecule has 0 saturated carbocycles. The van der Waals surface area contributed by atoms with Crippen molar-refractivity contribution in [3.05, 3.63) is 12.2 Å². The third kappa shape index (κ3) is 6.41. The first kappa shape index (κ1) is 11.7. The molecule has 0 radical (unpaired) electrons. The highest BCUT2D eigenvalue weighted by Gasteiger charge is 2.06. The SMILES string of the molecule is CCCC=CCCC(O)C(C)C. The molecular formula is C11H22O. The first-order valence-electron chi connectivity index (χ1n) is 5.01. The Balaban J connectivity index is 3.30. The van der Waals surface area contributed by atoms with Crippen molar-refractivity contribution in [2.75, 3.05) is 0 Å². The van der Waals surface area contributed by atoms with E-state index in [1.807, 2.05) is 0 Å². The lowest BCUT2D eigenvalue weighted by Gasteiger charge is -2.12. The maximum absolute atomic E-state index is 9.45. The van der Waals surface area contributed by atoms with E-state index < -0.39 is 0 Å². The molecule has 1 heteroatoms. The van der Waals surface area contributed by atoms with Gasteiger partial charge in [-0.15, -0.1) is 0 Å². The topological polar surface area (TPSA) is 20.2 Å². The second kappa shape index (κ2) is 7.35. The molecule has 1 atom stereocenters. The van der Waals surface area contributed by atoms with Crippen molar-refractivity contribution in [1.82, 2.24) is 0 Å². The molecule has 12 heavy (non-hydrogen) atoms. The normalized spacial score (nSPS) is 14.4. The molecule has 0 amide bonds. The molecule has 0 saturated heterocycles. The first-order valence-corrected chi connectivity index (χ1v) is 5.01. The number of rotatable bonds is 6. The number of aliphatic hydroxyl groups excluding tert-OH is 1. The number of allylic oxidation sites excluding steroid dienone is 2. The van der Waals surface area contributed by atoms with Gasteiger partial charge in [0.05, 0.1) is 6.10 Å². The second-order valence-corrected chi connectivity index (χ2v) is 3.65. The zero-order valence-corrected chi connectivity index (χ0v) is 8.59. The van der Waals surface area contributed by atoms with Gasteiger partial charge in [-0.05, 0) is 25.2 Å². The van der Waals surface area contributed by atoms with Gasteiger partial charge in [-0.1, -0.05) is 39.3 Å². The van der Waals surface area contributed by atoms with E-state index in [2.05, 4.69) is 32.9 Å². The lowest BCUT2D eigenvalue weighted by molar-refractivity contribution is 0.117. The highest BCUT2D eigenvalue weighted by atomic mass is 16.3. The average molecular weight is 170 g/mol. The number of aliphatic hydroxyl groups is 1. The molecule has 0 heterocycles. The molecule has 0 aliphatic heterocycles. The van der Waals surface area contributed by atoms with Gasteiger partial charge in [0.25, 0.3) is 0 Å². The third-order valence-electron chi connectivity index (χ3n) is 2.02. The Morgan fingerprint density at radius 2 is 1.75 bits per heavy atom. The molecule has 1 N–H and O–H groups in total. The van der Waals surface area contributed by atoms with Gasteiger partial charge in [0.15, 0.2) is 0 Å². The smallest absolute Gasteiger partial charge is 0.0566 e. The van der Waals surface area contributed by atoms with Crippen LogP contribution in [0.1, 0.15) is 46.5 Å². The fraction of sp³-hybridized carbons (Fsp3) is 0.818. The van der Waals surface area contributed by atoms with Gasteiger partial charge in [0.1, 0.15) is 0 Å². The molecule has 0 aromatic rings. The summed E-state index contributed by atoms with van der Waals surface area (Å²) in [5, 5.41) is 9.45. The van der Waals surface area contributed by atoms with E-state index in [4.69, 9.17) is 0 Å². The molecule has 0 aliphatic carbocycles. The Bertz CT molecular complexity index is 116. The number of hydrogen-bond donors (Lipinski definition) is 1. The van der Waals surface area contributed by atoms with Crippen LogP contribution < -0.4 is 0 Å². The van der Waals surface area contributed by atoms with Crippen LogP contribution in [-0.2, 0) is 0 Å². The van der Waals surface area contributed by atoms with Crippen LogP contribution in [0.5, 0.6) is 0 Å². The minimum Gasteiger partial charge on any atom is -0.393 e. The standard InChI is InChI=1S/C11H22O/c1-4-5-6-7-8-9-11(12)10(2)3/h6-7,10-12H,4-5,8-9H2,1-3H3. The number of unbranched alkanes of at least 4 members (excludes halogenated alkanes) is 1. The predicted octanol–water partition coefficient (Wildman–Crippen LogP) is 3.14. The van der Waals surface area contributed by atoms with Gasteiger partial charge in [0.2, 0.25) is 0 Å². The van der Waals surface area contributed by atoms with Crippen molar-refractivity contribution in [2.45, 2.75) is 52.6 Å². The van der Waals surface area contributed by atoms with Crippen molar-refractivity contribution >= 4 is 0 Å². The fourth-order valence-corrected chi connectivity index (χ4v) is 1.00. The second-order valence-electron chi connectivity index (χ2n) is 3.65. The van der Waals surface area contributed by atoms with Crippen LogP contribution in [0.2, 0.25) is 0 Å². The van der Waals surface area contributed by atoms with Crippen LogP contribution in [0.3, 0.4) is 0 Å². The quantitative estimate of drug-likeness (QED) is 0.607. The monoisotopic (exact) mass is 170 g/mol. The molecule has 0 aromatic heterocycles. The zero-order chi connectivity index (χ0) is 9.40. The molecule has 0 aliphatic rings. The van der Waals surface area contributed by atoms with Gasteiger partial charge in [-0.3, -0.25) is 0 Å². The summed E-state index contributed by atoms with van der Waals surface area (Å²) in [6.45, 7) is 6.29. The van der Waals surface area contributed by atoms with Crippen LogP contribution in [0.15, 0.2) is 12.2 Å². The van der Waals surface area contributed by atoms with Gasteiger partial charge in [0, 0.05) is 0 Å². The van der Waals surface area contributed by atoms with E-state index >= 15 is 0 Å². The summed E-state index contributed by atoms with van der Waals surface area (Å²) in [5.41, 5.74) is 0. The predicted molar refractivity (Wildman–Crippen MR) is 54.1 cm³/mol. The van der Waals surface area contributed by atoms with Crippen LogP contribution in [0.4, 0.5) is 0 Å². The Morgan fingerprint density at radius 1 is 1.17 bits per heavy atom. The fourth-order valence-electron chi connectivity index (χ4n) is 1.00. The highest BCUT2D eigenvalue weighted by Crippen LogP contribution is 2.08. The van der Waals surface area contributed by atoms with E-state index in [-0.39, 0.29) is 6.10 Å². The zero-order valence-electron chi connectivity index (χ0n) is 8.59. The van der Waals surface area contributed by atoms with E-state index in [0.29, 0.717) is 5.92 Å². The Kier molecular flexibility index (Phi) is 7.17. The summed E-state index contributed by atoms with van der Waals surface area (Å²) in [6, 6.07) is 0. The van der Waals surface area contributed by atoms with Crippen molar-refractivity contribution in [3.63, 3.8) is 0 Å². The summed E-state index contributed by atoms with van der Waals surface area (Å²) in [5.74, 6) is 0.393. The molecule has 0 aromatic carbocycles. The largest absolute Gasteiger partial charge is 0.393 e.